The van der Waals surface area contributed by atoms with Crippen molar-refractivity contribution in [2.45, 2.75) is 65.7 Å². The third-order valence-electron chi connectivity index (χ3n) is 4.92. The summed E-state index contributed by atoms with van der Waals surface area (Å²) in [6, 6.07) is 0. The summed E-state index contributed by atoms with van der Waals surface area (Å²) in [6.45, 7) is 8.99. The highest BCUT2D eigenvalue weighted by molar-refractivity contribution is 5.79. The van der Waals surface area contributed by atoms with Crippen molar-refractivity contribution in [3.63, 3.8) is 0 Å². The molecule has 104 valence electrons. The zero-order valence-electron chi connectivity index (χ0n) is 12.4. The Labute approximate surface area is 112 Å². The fraction of sp³-hybridized carbons (Fsp3) is 0.938. The minimum absolute atomic E-state index is 0.320. The molecule has 2 unspecified atom stereocenters. The van der Waals surface area contributed by atoms with E-state index in [1.54, 1.807) is 0 Å². The van der Waals surface area contributed by atoms with Gasteiger partial charge in [-0.2, -0.15) is 0 Å². The molecule has 1 heterocycles. The minimum atomic E-state index is 0.320. The SMILES string of the molecule is CC(C)(C)C1CCCC(C(=O)N2CCCCC2)C1. The summed E-state index contributed by atoms with van der Waals surface area (Å²) >= 11 is 0. The molecule has 0 radical (unpaired) electrons. The first-order chi connectivity index (χ1) is 8.48. The second kappa shape index (κ2) is 5.63. The van der Waals surface area contributed by atoms with Crippen molar-refractivity contribution in [2.24, 2.45) is 17.3 Å². The molecule has 0 N–H and O–H groups in total. The maximum absolute atomic E-state index is 12.6. The molecule has 2 heteroatoms. The lowest BCUT2D eigenvalue weighted by molar-refractivity contribution is -0.138. The normalized spacial score (nSPS) is 30.3. The number of rotatable bonds is 1. The van der Waals surface area contributed by atoms with Crippen LogP contribution in [0.3, 0.4) is 0 Å². The van der Waals surface area contributed by atoms with Crippen LogP contribution in [0.1, 0.15) is 65.7 Å². The van der Waals surface area contributed by atoms with E-state index in [4.69, 9.17) is 0 Å². The van der Waals surface area contributed by atoms with Crippen LogP contribution in [0.4, 0.5) is 0 Å². The van der Waals surface area contributed by atoms with E-state index in [0.29, 0.717) is 17.2 Å². The highest BCUT2D eigenvalue weighted by Crippen LogP contribution is 2.40. The molecule has 0 aromatic rings. The van der Waals surface area contributed by atoms with Gasteiger partial charge in [-0.25, -0.2) is 0 Å². The zero-order valence-corrected chi connectivity index (χ0v) is 12.4. The smallest absolute Gasteiger partial charge is 0.225 e. The molecular formula is C16H29NO. The molecular weight excluding hydrogens is 222 g/mol. The Morgan fingerprint density at radius 3 is 2.28 bits per heavy atom. The third-order valence-corrected chi connectivity index (χ3v) is 4.92. The van der Waals surface area contributed by atoms with Gasteiger partial charge in [0.2, 0.25) is 5.91 Å². The molecule has 18 heavy (non-hydrogen) atoms. The number of hydrogen-bond acceptors (Lipinski definition) is 1. The first-order valence-corrected chi connectivity index (χ1v) is 7.77. The van der Waals surface area contributed by atoms with Gasteiger partial charge in [-0.1, -0.05) is 27.2 Å². The average Bonchev–Trinajstić information content (AvgIpc) is 2.38. The van der Waals surface area contributed by atoms with Crippen molar-refractivity contribution in [1.29, 1.82) is 0 Å². The number of likely N-dealkylation sites (tertiary alicyclic amines) is 1. The summed E-state index contributed by atoms with van der Waals surface area (Å²) in [5.74, 6) is 1.51. The first kappa shape index (κ1) is 13.9. The standard InChI is InChI=1S/C16H29NO/c1-16(2,3)14-9-7-8-13(12-14)15(18)17-10-5-4-6-11-17/h13-14H,4-12H2,1-3H3. The summed E-state index contributed by atoms with van der Waals surface area (Å²) in [4.78, 5) is 14.7. The lowest BCUT2D eigenvalue weighted by Crippen LogP contribution is -2.42. The van der Waals surface area contributed by atoms with Crippen LogP contribution < -0.4 is 0 Å². The predicted octanol–water partition coefficient (Wildman–Crippen LogP) is 3.85. The van der Waals surface area contributed by atoms with Crippen LogP contribution >= 0.6 is 0 Å². The number of carbonyl (C=O) groups is 1. The van der Waals surface area contributed by atoms with Gasteiger partial charge in [0.1, 0.15) is 0 Å². The largest absolute Gasteiger partial charge is 0.342 e. The van der Waals surface area contributed by atoms with Gasteiger partial charge in [-0.3, -0.25) is 4.79 Å². The molecule has 1 saturated carbocycles. The maximum Gasteiger partial charge on any atom is 0.225 e. The lowest BCUT2D eigenvalue weighted by atomic mass is 9.69. The van der Waals surface area contributed by atoms with Crippen molar-refractivity contribution in [3.05, 3.63) is 0 Å². The van der Waals surface area contributed by atoms with Gasteiger partial charge in [-0.05, 0) is 49.9 Å². The van der Waals surface area contributed by atoms with Crippen LogP contribution in [0, 0.1) is 17.3 Å². The molecule has 1 amide bonds. The summed E-state index contributed by atoms with van der Waals surface area (Å²) < 4.78 is 0. The molecule has 0 spiro atoms. The van der Waals surface area contributed by atoms with Gasteiger partial charge in [0, 0.05) is 19.0 Å². The van der Waals surface area contributed by atoms with E-state index >= 15 is 0 Å². The van der Waals surface area contributed by atoms with E-state index in [-0.39, 0.29) is 0 Å². The van der Waals surface area contributed by atoms with Crippen molar-refractivity contribution in [1.82, 2.24) is 4.90 Å². The van der Waals surface area contributed by atoms with Crippen molar-refractivity contribution in [3.8, 4) is 0 Å². The molecule has 2 nitrogen and oxygen atoms in total. The van der Waals surface area contributed by atoms with Gasteiger partial charge in [0.15, 0.2) is 0 Å². The molecule has 1 saturated heterocycles. The third kappa shape index (κ3) is 3.27. The molecule has 2 atom stereocenters. The van der Waals surface area contributed by atoms with E-state index in [1.807, 2.05) is 0 Å². The summed E-state index contributed by atoms with van der Waals surface area (Å²) in [5.41, 5.74) is 0.362. The Hall–Kier alpha value is -0.530. The average molecular weight is 251 g/mol. The highest BCUT2D eigenvalue weighted by atomic mass is 16.2. The van der Waals surface area contributed by atoms with Crippen molar-refractivity contribution >= 4 is 5.91 Å². The number of nitrogens with zero attached hydrogens (tertiary/aromatic N) is 1. The van der Waals surface area contributed by atoms with Gasteiger partial charge in [-0.15, -0.1) is 0 Å². The monoisotopic (exact) mass is 251 g/mol. The zero-order chi connectivity index (χ0) is 13.2. The summed E-state index contributed by atoms with van der Waals surface area (Å²) in [5, 5.41) is 0. The van der Waals surface area contributed by atoms with Crippen LogP contribution in [0.25, 0.3) is 0 Å². The minimum Gasteiger partial charge on any atom is -0.342 e. The second-order valence-corrected chi connectivity index (χ2v) is 7.31. The number of carbonyl (C=O) groups excluding carboxylic acids is 1. The first-order valence-electron chi connectivity index (χ1n) is 7.77. The summed E-state index contributed by atoms with van der Waals surface area (Å²) in [7, 11) is 0. The van der Waals surface area contributed by atoms with E-state index in [2.05, 4.69) is 25.7 Å². The molecule has 1 aliphatic heterocycles. The topological polar surface area (TPSA) is 20.3 Å². The van der Waals surface area contributed by atoms with E-state index in [0.717, 1.165) is 31.8 Å². The molecule has 0 aromatic carbocycles. The molecule has 0 aromatic heterocycles. The predicted molar refractivity (Wildman–Crippen MR) is 75.3 cm³/mol. The van der Waals surface area contributed by atoms with E-state index < -0.39 is 0 Å². The fourth-order valence-corrected chi connectivity index (χ4v) is 3.57. The number of hydrogen-bond donors (Lipinski definition) is 0. The molecule has 2 aliphatic rings. The highest BCUT2D eigenvalue weighted by Gasteiger charge is 2.35. The maximum atomic E-state index is 12.6. The second-order valence-electron chi connectivity index (χ2n) is 7.31. The van der Waals surface area contributed by atoms with Crippen LogP contribution in [0.15, 0.2) is 0 Å². The summed E-state index contributed by atoms with van der Waals surface area (Å²) in [6.07, 6.45) is 8.53. The number of amides is 1. The van der Waals surface area contributed by atoms with Gasteiger partial charge in [0.05, 0.1) is 0 Å². The lowest BCUT2D eigenvalue weighted by Gasteiger charge is -2.39. The molecule has 1 aliphatic carbocycles. The number of piperidine rings is 1. The van der Waals surface area contributed by atoms with Crippen molar-refractivity contribution < 1.29 is 4.79 Å². The van der Waals surface area contributed by atoms with Crippen LogP contribution in [0.2, 0.25) is 0 Å². The quantitative estimate of drug-likeness (QED) is 0.693. The molecule has 2 fully saturated rings. The Kier molecular flexibility index (Phi) is 4.34. The Bertz CT molecular complexity index is 286. The molecule has 0 bridgehead atoms. The Morgan fingerprint density at radius 1 is 1.00 bits per heavy atom. The van der Waals surface area contributed by atoms with Crippen LogP contribution in [0.5, 0.6) is 0 Å². The fourth-order valence-electron chi connectivity index (χ4n) is 3.57. The van der Waals surface area contributed by atoms with Gasteiger partial charge < -0.3 is 4.90 Å². The molecule has 2 rings (SSSR count). The Morgan fingerprint density at radius 2 is 1.67 bits per heavy atom. The van der Waals surface area contributed by atoms with Crippen LogP contribution in [-0.2, 0) is 4.79 Å². The van der Waals surface area contributed by atoms with Gasteiger partial charge in [0.25, 0.3) is 0 Å². The van der Waals surface area contributed by atoms with Gasteiger partial charge >= 0.3 is 0 Å². The van der Waals surface area contributed by atoms with E-state index in [9.17, 15) is 4.79 Å². The van der Waals surface area contributed by atoms with Crippen molar-refractivity contribution in [2.75, 3.05) is 13.1 Å². The van der Waals surface area contributed by atoms with Crippen LogP contribution in [-0.4, -0.2) is 23.9 Å². The Balaban J connectivity index is 1.93. The van der Waals surface area contributed by atoms with E-state index in [1.165, 1.54) is 32.1 Å².